The molecule has 0 aromatic rings. The van der Waals surface area contributed by atoms with Crippen molar-refractivity contribution in [2.24, 2.45) is 11.8 Å². The minimum Gasteiger partial charge on any atom is -0.342 e. The fourth-order valence-corrected chi connectivity index (χ4v) is 2.83. The normalized spacial score (nSPS) is 24.7. The van der Waals surface area contributed by atoms with E-state index in [4.69, 9.17) is 11.6 Å². The van der Waals surface area contributed by atoms with Gasteiger partial charge in [0.05, 0.1) is 0 Å². The van der Waals surface area contributed by atoms with Gasteiger partial charge < -0.3 is 4.90 Å². The van der Waals surface area contributed by atoms with E-state index in [1.54, 1.807) is 0 Å². The molecule has 1 aliphatic carbocycles. The molecule has 0 aromatic heterocycles. The smallest absolute Gasteiger partial charge is 0.225 e. The van der Waals surface area contributed by atoms with Gasteiger partial charge >= 0.3 is 0 Å². The topological polar surface area (TPSA) is 20.3 Å². The highest BCUT2D eigenvalue weighted by atomic mass is 35.5. The van der Waals surface area contributed by atoms with Gasteiger partial charge in [-0.3, -0.25) is 4.79 Å². The number of nitrogens with zero attached hydrogens (tertiary/aromatic N) is 1. The molecule has 0 spiro atoms. The van der Waals surface area contributed by atoms with Crippen molar-refractivity contribution in [1.29, 1.82) is 0 Å². The maximum Gasteiger partial charge on any atom is 0.225 e. The lowest BCUT2D eigenvalue weighted by Crippen LogP contribution is -2.52. The van der Waals surface area contributed by atoms with Crippen LogP contribution in [0.5, 0.6) is 0 Å². The van der Waals surface area contributed by atoms with Gasteiger partial charge in [0.15, 0.2) is 0 Å². The molecule has 1 aliphatic heterocycles. The molecule has 1 saturated heterocycles. The molecule has 0 bridgehead atoms. The van der Waals surface area contributed by atoms with E-state index in [0.717, 1.165) is 25.9 Å². The molecule has 3 heteroatoms. The summed E-state index contributed by atoms with van der Waals surface area (Å²) in [6.45, 7) is 1.80. The third kappa shape index (κ3) is 2.66. The van der Waals surface area contributed by atoms with E-state index in [9.17, 15) is 4.79 Å². The second kappa shape index (κ2) is 5.20. The molecule has 86 valence electrons. The molecule has 2 rings (SSSR count). The second-order valence-electron chi connectivity index (χ2n) is 4.95. The Balaban J connectivity index is 1.80. The predicted molar refractivity (Wildman–Crippen MR) is 62.0 cm³/mol. The zero-order chi connectivity index (χ0) is 10.7. The van der Waals surface area contributed by atoms with E-state index in [1.165, 1.54) is 25.7 Å². The molecule has 1 saturated carbocycles. The number of hydrogen-bond donors (Lipinski definition) is 0. The number of carbonyl (C=O) groups is 1. The molecule has 2 fully saturated rings. The van der Waals surface area contributed by atoms with Crippen molar-refractivity contribution in [3.05, 3.63) is 0 Å². The van der Waals surface area contributed by atoms with E-state index in [0.29, 0.717) is 23.6 Å². The third-order valence-corrected chi connectivity index (χ3v) is 4.13. The van der Waals surface area contributed by atoms with Crippen LogP contribution >= 0.6 is 11.6 Å². The summed E-state index contributed by atoms with van der Waals surface area (Å²) in [6.07, 6.45) is 7.33. The maximum atomic E-state index is 12.1. The highest BCUT2D eigenvalue weighted by molar-refractivity contribution is 6.18. The minimum absolute atomic E-state index is 0.323. The van der Waals surface area contributed by atoms with E-state index in [2.05, 4.69) is 0 Å². The molecule has 1 amide bonds. The van der Waals surface area contributed by atoms with Gasteiger partial charge in [0, 0.05) is 30.8 Å². The molecular weight excluding hydrogens is 210 g/mol. The summed E-state index contributed by atoms with van der Waals surface area (Å²) in [5.41, 5.74) is 0. The summed E-state index contributed by atoms with van der Waals surface area (Å²) >= 11 is 5.75. The Morgan fingerprint density at radius 3 is 2.27 bits per heavy atom. The summed E-state index contributed by atoms with van der Waals surface area (Å²) < 4.78 is 0. The van der Waals surface area contributed by atoms with Crippen molar-refractivity contribution < 1.29 is 4.79 Å². The van der Waals surface area contributed by atoms with Crippen LogP contribution in [0.4, 0.5) is 0 Å². The number of alkyl halides is 1. The van der Waals surface area contributed by atoms with Crippen molar-refractivity contribution >= 4 is 17.5 Å². The molecule has 0 unspecified atom stereocenters. The second-order valence-corrected chi connectivity index (χ2v) is 5.26. The van der Waals surface area contributed by atoms with Crippen LogP contribution in [-0.2, 0) is 4.79 Å². The number of hydrogen-bond acceptors (Lipinski definition) is 1. The zero-order valence-corrected chi connectivity index (χ0v) is 10.0. The van der Waals surface area contributed by atoms with E-state index in [1.807, 2.05) is 4.90 Å². The Labute approximate surface area is 97.0 Å². The average Bonchev–Trinajstić information content (AvgIpc) is 2.43. The van der Waals surface area contributed by atoms with Gasteiger partial charge in [0.1, 0.15) is 0 Å². The summed E-state index contributed by atoms with van der Waals surface area (Å²) in [6, 6.07) is 0. The summed E-state index contributed by atoms with van der Waals surface area (Å²) in [5, 5.41) is 0. The van der Waals surface area contributed by atoms with Crippen LogP contribution in [0.1, 0.15) is 38.5 Å². The molecule has 0 atom stereocenters. The van der Waals surface area contributed by atoms with Gasteiger partial charge in [0.25, 0.3) is 0 Å². The Kier molecular flexibility index (Phi) is 3.90. The van der Waals surface area contributed by atoms with E-state index < -0.39 is 0 Å². The van der Waals surface area contributed by atoms with Crippen LogP contribution in [0.2, 0.25) is 0 Å². The summed E-state index contributed by atoms with van der Waals surface area (Å²) in [5.74, 6) is 1.98. The van der Waals surface area contributed by atoms with Gasteiger partial charge in [-0.25, -0.2) is 0 Å². The highest BCUT2D eigenvalue weighted by Crippen LogP contribution is 2.27. The van der Waals surface area contributed by atoms with E-state index in [-0.39, 0.29) is 0 Å². The Morgan fingerprint density at radius 1 is 1.13 bits per heavy atom. The third-order valence-electron chi connectivity index (χ3n) is 3.69. The predicted octanol–water partition coefficient (Wildman–Crippen LogP) is 2.65. The summed E-state index contributed by atoms with van der Waals surface area (Å²) in [7, 11) is 0. The fourth-order valence-electron chi connectivity index (χ4n) is 2.63. The monoisotopic (exact) mass is 229 g/mol. The van der Waals surface area contributed by atoms with Crippen LogP contribution in [0.15, 0.2) is 0 Å². The number of carbonyl (C=O) groups excluding carboxylic acids is 1. The number of rotatable bonds is 2. The maximum absolute atomic E-state index is 12.1. The highest BCUT2D eigenvalue weighted by Gasteiger charge is 2.33. The Hall–Kier alpha value is -0.240. The molecular formula is C12H20ClNO. The number of amides is 1. The van der Waals surface area contributed by atoms with Gasteiger partial charge in [-0.1, -0.05) is 25.7 Å². The van der Waals surface area contributed by atoms with Gasteiger partial charge in [-0.05, 0) is 12.8 Å². The molecule has 1 heterocycles. The first-order valence-corrected chi connectivity index (χ1v) is 6.69. The van der Waals surface area contributed by atoms with Crippen molar-refractivity contribution in [3.8, 4) is 0 Å². The van der Waals surface area contributed by atoms with Crippen molar-refractivity contribution in [3.63, 3.8) is 0 Å². The van der Waals surface area contributed by atoms with Gasteiger partial charge in [0.2, 0.25) is 5.91 Å². The van der Waals surface area contributed by atoms with Crippen molar-refractivity contribution in [1.82, 2.24) is 4.90 Å². The fraction of sp³-hybridized carbons (Fsp3) is 0.917. The molecule has 0 radical (unpaired) electrons. The standard InChI is InChI=1S/C12H20ClNO/c13-7-10-8-14(9-10)12(15)11-5-3-1-2-4-6-11/h10-11H,1-9H2. The number of halogens is 1. The average molecular weight is 230 g/mol. The minimum atomic E-state index is 0.323. The van der Waals surface area contributed by atoms with Gasteiger partial charge in [-0.2, -0.15) is 0 Å². The quantitative estimate of drug-likeness (QED) is 0.527. The lowest BCUT2D eigenvalue weighted by molar-refractivity contribution is -0.141. The van der Waals surface area contributed by atoms with Crippen LogP contribution in [0.3, 0.4) is 0 Å². The van der Waals surface area contributed by atoms with Crippen LogP contribution in [-0.4, -0.2) is 29.8 Å². The first kappa shape index (κ1) is 11.3. The SMILES string of the molecule is O=C(C1CCCCCC1)N1CC(CCl)C1. The van der Waals surface area contributed by atoms with Crippen LogP contribution in [0, 0.1) is 11.8 Å². The lowest BCUT2D eigenvalue weighted by Gasteiger charge is -2.40. The Morgan fingerprint density at radius 2 is 1.73 bits per heavy atom. The molecule has 0 aromatic carbocycles. The van der Waals surface area contributed by atoms with E-state index >= 15 is 0 Å². The van der Waals surface area contributed by atoms with Crippen LogP contribution < -0.4 is 0 Å². The molecule has 0 N–H and O–H groups in total. The number of likely N-dealkylation sites (tertiary alicyclic amines) is 1. The van der Waals surface area contributed by atoms with Crippen molar-refractivity contribution in [2.75, 3.05) is 19.0 Å². The molecule has 15 heavy (non-hydrogen) atoms. The first-order valence-electron chi connectivity index (χ1n) is 6.16. The molecule has 2 aliphatic rings. The summed E-state index contributed by atoms with van der Waals surface area (Å²) in [4.78, 5) is 14.1. The molecule has 2 nitrogen and oxygen atoms in total. The Bertz CT molecular complexity index is 218. The zero-order valence-electron chi connectivity index (χ0n) is 9.25. The largest absolute Gasteiger partial charge is 0.342 e. The van der Waals surface area contributed by atoms with Crippen LogP contribution in [0.25, 0.3) is 0 Å². The first-order chi connectivity index (χ1) is 7.31. The van der Waals surface area contributed by atoms with Crippen molar-refractivity contribution in [2.45, 2.75) is 38.5 Å². The van der Waals surface area contributed by atoms with Gasteiger partial charge in [-0.15, -0.1) is 11.6 Å². The lowest BCUT2D eigenvalue weighted by atomic mass is 9.94.